The van der Waals surface area contributed by atoms with Crippen molar-refractivity contribution in [1.82, 2.24) is 14.4 Å². The fraction of sp³-hybridized carbons (Fsp3) is 0.0526. The number of aryl methyl sites for hydroxylation is 1. The molecule has 4 aromatic rings. The van der Waals surface area contributed by atoms with E-state index in [1.54, 1.807) is 6.20 Å². The molecular formula is C19H16N4. The number of fused-ring (bicyclic) bond motifs is 1. The van der Waals surface area contributed by atoms with Crippen LogP contribution in [0.4, 0.5) is 11.4 Å². The van der Waals surface area contributed by atoms with Crippen molar-refractivity contribution in [3.05, 3.63) is 78.8 Å². The maximum atomic E-state index is 4.54. The van der Waals surface area contributed by atoms with Gasteiger partial charge in [-0.15, -0.1) is 0 Å². The van der Waals surface area contributed by atoms with Crippen LogP contribution in [0.15, 0.2) is 73.2 Å². The molecular weight excluding hydrogens is 284 g/mol. The second-order valence-electron chi connectivity index (χ2n) is 5.52. The number of nitrogens with one attached hydrogen (secondary N) is 1. The summed E-state index contributed by atoms with van der Waals surface area (Å²) in [5, 5.41) is 3.40. The number of benzene rings is 2. The lowest BCUT2D eigenvalue weighted by molar-refractivity contribution is 1.11. The van der Waals surface area contributed by atoms with E-state index in [2.05, 4.69) is 70.7 Å². The lowest BCUT2D eigenvalue weighted by Gasteiger charge is -2.07. The Labute approximate surface area is 134 Å². The van der Waals surface area contributed by atoms with Gasteiger partial charge < -0.3 is 5.32 Å². The van der Waals surface area contributed by atoms with E-state index in [9.17, 15) is 0 Å². The zero-order chi connectivity index (χ0) is 15.6. The smallest absolute Gasteiger partial charge is 0.234 e. The number of hydrogen-bond donors (Lipinski definition) is 1. The normalized spacial score (nSPS) is 10.8. The van der Waals surface area contributed by atoms with E-state index in [4.69, 9.17) is 0 Å². The zero-order valence-corrected chi connectivity index (χ0v) is 12.8. The highest BCUT2D eigenvalue weighted by Crippen LogP contribution is 2.23. The van der Waals surface area contributed by atoms with E-state index in [0.29, 0.717) is 5.78 Å². The molecule has 0 unspecified atom stereocenters. The molecule has 0 aliphatic carbocycles. The molecule has 2 aromatic heterocycles. The summed E-state index contributed by atoms with van der Waals surface area (Å²) in [6.07, 6.45) is 5.69. The number of rotatable bonds is 3. The minimum absolute atomic E-state index is 0.712. The Morgan fingerprint density at radius 1 is 0.913 bits per heavy atom. The molecule has 1 N–H and O–H groups in total. The summed E-state index contributed by atoms with van der Waals surface area (Å²) in [5.41, 5.74) is 5.39. The van der Waals surface area contributed by atoms with E-state index in [1.807, 2.05) is 22.9 Å². The van der Waals surface area contributed by atoms with Gasteiger partial charge in [-0.25, -0.2) is 9.97 Å². The quantitative estimate of drug-likeness (QED) is 0.608. The first kappa shape index (κ1) is 13.5. The highest BCUT2D eigenvalue weighted by atomic mass is 15.1. The molecule has 0 fully saturated rings. The molecule has 0 aliphatic rings. The van der Waals surface area contributed by atoms with Crippen molar-refractivity contribution in [1.29, 1.82) is 0 Å². The number of hydrogen-bond acceptors (Lipinski definition) is 3. The first-order chi connectivity index (χ1) is 11.3. The summed E-state index contributed by atoms with van der Waals surface area (Å²) >= 11 is 0. The lowest BCUT2D eigenvalue weighted by atomic mass is 10.1. The van der Waals surface area contributed by atoms with E-state index in [1.165, 1.54) is 5.56 Å². The summed E-state index contributed by atoms with van der Waals surface area (Å²) in [4.78, 5) is 8.79. The first-order valence-electron chi connectivity index (χ1n) is 7.52. The van der Waals surface area contributed by atoms with Gasteiger partial charge in [-0.3, -0.25) is 4.40 Å². The van der Waals surface area contributed by atoms with E-state index in [-0.39, 0.29) is 0 Å². The Morgan fingerprint density at radius 2 is 1.61 bits per heavy atom. The van der Waals surface area contributed by atoms with Gasteiger partial charge in [0, 0.05) is 35.5 Å². The fourth-order valence-electron chi connectivity index (χ4n) is 2.50. The molecule has 0 saturated heterocycles. The minimum Gasteiger partial charge on any atom is -0.356 e. The monoisotopic (exact) mass is 300 g/mol. The summed E-state index contributed by atoms with van der Waals surface area (Å²) in [7, 11) is 0. The van der Waals surface area contributed by atoms with Crippen LogP contribution < -0.4 is 5.32 Å². The van der Waals surface area contributed by atoms with Gasteiger partial charge in [-0.1, -0.05) is 29.8 Å². The standard InChI is InChI=1S/C19H16N4/c1-14-3-7-16(8-4-14)21-17-9-5-15(6-10-17)18-13-23-12-2-11-20-19(23)22-18/h2-13,21H,1H3. The average Bonchev–Trinajstić information content (AvgIpc) is 3.02. The van der Waals surface area contributed by atoms with Gasteiger partial charge in [-0.05, 0) is 37.3 Å². The Balaban J connectivity index is 1.58. The molecule has 0 aliphatic heterocycles. The van der Waals surface area contributed by atoms with Crippen LogP contribution in [0.25, 0.3) is 17.0 Å². The van der Waals surface area contributed by atoms with Gasteiger partial charge in [-0.2, -0.15) is 0 Å². The summed E-state index contributed by atoms with van der Waals surface area (Å²) in [5.74, 6) is 0.712. The first-order valence-corrected chi connectivity index (χ1v) is 7.52. The third-order valence-electron chi connectivity index (χ3n) is 3.76. The number of aromatic nitrogens is 3. The maximum Gasteiger partial charge on any atom is 0.234 e. The molecule has 0 spiro atoms. The zero-order valence-electron chi connectivity index (χ0n) is 12.8. The minimum atomic E-state index is 0.712. The lowest BCUT2D eigenvalue weighted by Crippen LogP contribution is -1.90. The number of imidazole rings is 1. The Bertz CT molecular complexity index is 904. The second-order valence-corrected chi connectivity index (χ2v) is 5.52. The third-order valence-corrected chi connectivity index (χ3v) is 3.76. The van der Waals surface area contributed by atoms with E-state index < -0.39 is 0 Å². The third kappa shape index (κ3) is 2.79. The van der Waals surface area contributed by atoms with Crippen molar-refractivity contribution >= 4 is 17.2 Å². The summed E-state index contributed by atoms with van der Waals surface area (Å²) in [6.45, 7) is 2.09. The van der Waals surface area contributed by atoms with Crippen LogP contribution in [0, 0.1) is 6.92 Å². The fourth-order valence-corrected chi connectivity index (χ4v) is 2.50. The van der Waals surface area contributed by atoms with Crippen LogP contribution in [-0.4, -0.2) is 14.4 Å². The number of anilines is 2. The number of nitrogens with zero attached hydrogens (tertiary/aromatic N) is 3. The van der Waals surface area contributed by atoms with Gasteiger partial charge >= 0.3 is 0 Å². The molecule has 23 heavy (non-hydrogen) atoms. The molecule has 0 bridgehead atoms. The van der Waals surface area contributed by atoms with E-state index >= 15 is 0 Å². The van der Waals surface area contributed by atoms with Crippen LogP contribution in [0.1, 0.15) is 5.56 Å². The molecule has 0 saturated carbocycles. The summed E-state index contributed by atoms with van der Waals surface area (Å²) in [6, 6.07) is 18.5. The largest absolute Gasteiger partial charge is 0.356 e. The van der Waals surface area contributed by atoms with Crippen molar-refractivity contribution in [2.45, 2.75) is 6.92 Å². The highest BCUT2D eigenvalue weighted by Gasteiger charge is 2.04. The maximum absolute atomic E-state index is 4.54. The SMILES string of the molecule is Cc1ccc(Nc2ccc(-c3cn4cccnc4n3)cc2)cc1. The molecule has 4 nitrogen and oxygen atoms in total. The molecule has 112 valence electrons. The van der Waals surface area contributed by atoms with Crippen LogP contribution in [-0.2, 0) is 0 Å². The van der Waals surface area contributed by atoms with E-state index in [0.717, 1.165) is 22.6 Å². The van der Waals surface area contributed by atoms with Crippen molar-refractivity contribution in [2.24, 2.45) is 0 Å². The van der Waals surface area contributed by atoms with Crippen LogP contribution in [0.3, 0.4) is 0 Å². The molecule has 2 heterocycles. The Hall–Kier alpha value is -3.14. The highest BCUT2D eigenvalue weighted by molar-refractivity contribution is 5.67. The average molecular weight is 300 g/mol. The molecule has 4 rings (SSSR count). The van der Waals surface area contributed by atoms with Crippen molar-refractivity contribution in [3.8, 4) is 11.3 Å². The molecule has 2 aromatic carbocycles. The second kappa shape index (κ2) is 5.57. The van der Waals surface area contributed by atoms with Crippen LogP contribution >= 0.6 is 0 Å². The van der Waals surface area contributed by atoms with Gasteiger partial charge in [0.05, 0.1) is 5.69 Å². The van der Waals surface area contributed by atoms with Gasteiger partial charge in [0.2, 0.25) is 5.78 Å². The van der Waals surface area contributed by atoms with Gasteiger partial charge in [0.15, 0.2) is 0 Å². The summed E-state index contributed by atoms with van der Waals surface area (Å²) < 4.78 is 1.92. The van der Waals surface area contributed by atoms with Gasteiger partial charge in [0.25, 0.3) is 0 Å². The van der Waals surface area contributed by atoms with Crippen LogP contribution in [0.2, 0.25) is 0 Å². The van der Waals surface area contributed by atoms with Crippen LogP contribution in [0.5, 0.6) is 0 Å². The van der Waals surface area contributed by atoms with Gasteiger partial charge in [0.1, 0.15) is 0 Å². The topological polar surface area (TPSA) is 42.2 Å². The Morgan fingerprint density at radius 3 is 2.30 bits per heavy atom. The van der Waals surface area contributed by atoms with Crippen molar-refractivity contribution in [3.63, 3.8) is 0 Å². The Kier molecular flexibility index (Phi) is 3.27. The predicted molar refractivity (Wildman–Crippen MR) is 92.9 cm³/mol. The van der Waals surface area contributed by atoms with Crippen molar-refractivity contribution in [2.75, 3.05) is 5.32 Å². The van der Waals surface area contributed by atoms with Crippen molar-refractivity contribution < 1.29 is 0 Å². The predicted octanol–water partition coefficient (Wildman–Crippen LogP) is 4.45. The molecule has 0 amide bonds. The molecule has 0 radical (unpaired) electrons. The molecule has 0 atom stereocenters. The molecule has 4 heteroatoms.